The van der Waals surface area contributed by atoms with Crippen LogP contribution in [0.2, 0.25) is 0 Å². The van der Waals surface area contributed by atoms with Gasteiger partial charge in [-0.2, -0.15) is 0 Å². The van der Waals surface area contributed by atoms with Gasteiger partial charge in [0.2, 0.25) is 0 Å². The van der Waals surface area contributed by atoms with Gasteiger partial charge in [0.25, 0.3) is 0 Å². The predicted molar refractivity (Wildman–Crippen MR) is 87.7 cm³/mol. The third kappa shape index (κ3) is 1.95. The fraction of sp³-hybridized carbons (Fsp3) is 0.700. The van der Waals surface area contributed by atoms with Crippen LogP contribution >= 0.6 is 0 Å². The molecule has 0 amide bonds. The summed E-state index contributed by atoms with van der Waals surface area (Å²) in [5.74, 6) is 0. The van der Waals surface area contributed by atoms with Gasteiger partial charge in [-0.15, -0.1) is 0 Å². The molecule has 1 aromatic rings. The quantitative estimate of drug-likeness (QED) is 0.560. The summed E-state index contributed by atoms with van der Waals surface area (Å²) in [6, 6.07) is 4.97. The normalized spacial score (nSPS) is 30.5. The van der Waals surface area contributed by atoms with Gasteiger partial charge in [-0.3, -0.25) is 0 Å². The van der Waals surface area contributed by atoms with Gasteiger partial charge in [-0.25, -0.2) is 0 Å². The van der Waals surface area contributed by atoms with E-state index in [0.717, 1.165) is 0 Å². The average molecular weight is 270 g/mol. The topological polar surface area (TPSA) is 0 Å². The van der Waals surface area contributed by atoms with Crippen molar-refractivity contribution in [3.63, 3.8) is 0 Å². The van der Waals surface area contributed by atoms with Crippen molar-refractivity contribution in [1.82, 2.24) is 0 Å². The summed E-state index contributed by atoms with van der Waals surface area (Å²) in [6.07, 6.45) is 6.77. The highest BCUT2D eigenvalue weighted by atomic mass is 14.5. The van der Waals surface area contributed by atoms with Crippen LogP contribution in [0.1, 0.15) is 89.0 Å². The van der Waals surface area contributed by atoms with Crippen LogP contribution in [0.15, 0.2) is 12.1 Å². The highest BCUT2D eigenvalue weighted by Gasteiger charge is 2.44. The van der Waals surface area contributed by atoms with Crippen LogP contribution in [0.5, 0.6) is 0 Å². The van der Waals surface area contributed by atoms with Gasteiger partial charge in [0.05, 0.1) is 0 Å². The smallest absolute Gasteiger partial charge is 0.00691 e. The maximum atomic E-state index is 2.53. The fourth-order valence-corrected chi connectivity index (χ4v) is 4.66. The van der Waals surface area contributed by atoms with E-state index in [1.807, 2.05) is 0 Å². The zero-order valence-corrected chi connectivity index (χ0v) is 14.2. The van der Waals surface area contributed by atoms with Crippen molar-refractivity contribution in [3.05, 3.63) is 34.4 Å². The molecule has 0 aromatic heterocycles. The minimum Gasteiger partial charge on any atom is -0.0558 e. The van der Waals surface area contributed by atoms with Crippen molar-refractivity contribution in [2.24, 2.45) is 0 Å². The second kappa shape index (κ2) is 4.12. The molecule has 1 atom stereocenters. The molecule has 0 heterocycles. The van der Waals surface area contributed by atoms with E-state index in [4.69, 9.17) is 0 Å². The molecule has 0 heteroatoms. The van der Waals surface area contributed by atoms with E-state index in [2.05, 4.69) is 53.7 Å². The average Bonchev–Trinajstić information content (AvgIpc) is 2.42. The van der Waals surface area contributed by atoms with Gasteiger partial charge in [0.1, 0.15) is 0 Å². The molecule has 0 saturated carbocycles. The summed E-state index contributed by atoms with van der Waals surface area (Å²) in [5.41, 5.74) is 7.57. The van der Waals surface area contributed by atoms with Crippen LogP contribution in [0.3, 0.4) is 0 Å². The molecule has 1 unspecified atom stereocenters. The molecule has 0 fully saturated rings. The molecule has 0 N–H and O–H groups in total. The molecule has 0 saturated heterocycles. The Balaban J connectivity index is 2.37. The number of hydrogen-bond donors (Lipinski definition) is 0. The summed E-state index contributed by atoms with van der Waals surface area (Å²) in [5, 5.41) is 0. The second-order valence-electron chi connectivity index (χ2n) is 8.92. The van der Waals surface area contributed by atoms with E-state index in [-0.39, 0.29) is 0 Å². The first-order chi connectivity index (χ1) is 9.16. The first-order valence-electron chi connectivity index (χ1n) is 8.32. The maximum Gasteiger partial charge on any atom is -0.00691 e. The number of rotatable bonds is 0. The molecule has 2 aliphatic carbocycles. The first kappa shape index (κ1) is 14.2. The highest BCUT2D eigenvalue weighted by Crippen LogP contribution is 2.54. The van der Waals surface area contributed by atoms with E-state index in [1.165, 1.54) is 37.7 Å². The molecule has 3 rings (SSSR count). The number of aryl methyl sites for hydroxylation is 1. The Labute approximate surface area is 125 Å². The Hall–Kier alpha value is -0.780. The van der Waals surface area contributed by atoms with Crippen molar-refractivity contribution in [2.75, 3.05) is 0 Å². The van der Waals surface area contributed by atoms with Crippen molar-refractivity contribution >= 4 is 0 Å². The van der Waals surface area contributed by atoms with E-state index in [9.17, 15) is 0 Å². The van der Waals surface area contributed by atoms with Gasteiger partial charge in [0, 0.05) is 0 Å². The minimum absolute atomic E-state index is 0.335. The lowest BCUT2D eigenvalue weighted by Crippen LogP contribution is -2.37. The molecular weight excluding hydrogens is 240 g/mol. The summed E-state index contributed by atoms with van der Waals surface area (Å²) in [4.78, 5) is 0. The zero-order valence-electron chi connectivity index (χ0n) is 14.2. The molecule has 20 heavy (non-hydrogen) atoms. The van der Waals surface area contributed by atoms with Crippen molar-refractivity contribution < 1.29 is 0 Å². The summed E-state index contributed by atoms with van der Waals surface area (Å²) < 4.78 is 0. The first-order valence-corrected chi connectivity index (χ1v) is 8.32. The maximum absolute atomic E-state index is 2.53. The molecule has 0 radical (unpaired) electrons. The molecule has 0 nitrogen and oxygen atoms in total. The largest absolute Gasteiger partial charge is 0.0558 e. The Morgan fingerprint density at radius 2 is 1.30 bits per heavy atom. The Bertz CT molecular complexity index is 547. The van der Waals surface area contributed by atoms with Crippen molar-refractivity contribution in [1.29, 1.82) is 0 Å². The van der Waals surface area contributed by atoms with Crippen LogP contribution in [-0.2, 0) is 16.2 Å². The van der Waals surface area contributed by atoms with Gasteiger partial charge in [0.15, 0.2) is 0 Å². The van der Waals surface area contributed by atoms with Gasteiger partial charge in [-0.1, -0.05) is 58.7 Å². The summed E-state index contributed by atoms with van der Waals surface area (Å²) >= 11 is 0. The molecule has 1 aromatic carbocycles. The highest BCUT2D eigenvalue weighted by molar-refractivity contribution is 5.52. The van der Waals surface area contributed by atoms with Crippen LogP contribution in [0.25, 0.3) is 0 Å². The van der Waals surface area contributed by atoms with Gasteiger partial charge >= 0.3 is 0 Å². The zero-order chi connectivity index (χ0) is 14.8. The Kier molecular flexibility index (Phi) is 2.92. The van der Waals surface area contributed by atoms with Gasteiger partial charge < -0.3 is 0 Å². The molecule has 2 aliphatic rings. The lowest BCUT2D eigenvalue weighted by atomic mass is 9.59. The second-order valence-corrected chi connectivity index (χ2v) is 8.92. The van der Waals surface area contributed by atoms with E-state index >= 15 is 0 Å². The summed E-state index contributed by atoms with van der Waals surface area (Å²) in [7, 11) is 0. The lowest BCUT2D eigenvalue weighted by Gasteiger charge is -2.45. The standard InChI is InChI=1S/C20H30/c1-14-12-15-17-16(13-14)19(4,5)10-11-20(17,6)9-7-8-18(15,2)3/h12-13H,7-11H2,1-6H3. The Morgan fingerprint density at radius 1 is 0.750 bits per heavy atom. The molecule has 0 bridgehead atoms. The number of benzene rings is 1. The summed E-state index contributed by atoms with van der Waals surface area (Å²) in [6.45, 7) is 14.6. The lowest BCUT2D eigenvalue weighted by molar-refractivity contribution is 0.295. The minimum atomic E-state index is 0.335. The third-order valence-electron chi connectivity index (χ3n) is 6.18. The molecule has 0 spiro atoms. The van der Waals surface area contributed by atoms with Crippen LogP contribution in [-0.4, -0.2) is 0 Å². The predicted octanol–water partition coefficient (Wildman–Crippen LogP) is 5.79. The SMILES string of the molecule is Cc1cc2c3c(c1)C(C)(C)CCC3(C)CCCC2(C)C. The molecule has 0 aliphatic heterocycles. The van der Waals surface area contributed by atoms with Crippen molar-refractivity contribution in [2.45, 2.75) is 89.9 Å². The van der Waals surface area contributed by atoms with E-state index < -0.39 is 0 Å². The van der Waals surface area contributed by atoms with Crippen LogP contribution in [0.4, 0.5) is 0 Å². The molecule has 110 valence electrons. The molecular formula is C20H30. The van der Waals surface area contributed by atoms with Crippen molar-refractivity contribution in [3.8, 4) is 0 Å². The Morgan fingerprint density at radius 3 is 1.90 bits per heavy atom. The van der Waals surface area contributed by atoms with E-state index in [0.29, 0.717) is 16.2 Å². The fourth-order valence-electron chi connectivity index (χ4n) is 4.66. The van der Waals surface area contributed by atoms with Crippen LogP contribution < -0.4 is 0 Å². The monoisotopic (exact) mass is 270 g/mol. The van der Waals surface area contributed by atoms with Gasteiger partial charge in [-0.05, 0) is 65.5 Å². The van der Waals surface area contributed by atoms with E-state index in [1.54, 1.807) is 16.7 Å². The number of hydrogen-bond acceptors (Lipinski definition) is 0. The third-order valence-corrected chi connectivity index (χ3v) is 6.18. The van der Waals surface area contributed by atoms with Crippen LogP contribution in [0, 0.1) is 6.92 Å².